The maximum Gasteiger partial charge on any atom is 0.119 e. The summed E-state index contributed by atoms with van der Waals surface area (Å²) in [6.45, 7) is 3.40. The van der Waals surface area contributed by atoms with Crippen LogP contribution in [-0.2, 0) is 6.61 Å². The summed E-state index contributed by atoms with van der Waals surface area (Å²) < 4.78 is 5.73. The van der Waals surface area contributed by atoms with E-state index in [4.69, 9.17) is 10.5 Å². The minimum atomic E-state index is 0. The second-order valence-corrected chi connectivity index (χ2v) is 4.48. The van der Waals surface area contributed by atoms with Crippen LogP contribution in [0.15, 0.2) is 54.6 Å². The molecule has 0 heterocycles. The Labute approximate surface area is 121 Å². The van der Waals surface area contributed by atoms with Crippen molar-refractivity contribution in [2.75, 3.05) is 6.54 Å². The smallest absolute Gasteiger partial charge is 0.119 e. The van der Waals surface area contributed by atoms with Crippen LogP contribution in [-0.4, -0.2) is 6.54 Å². The summed E-state index contributed by atoms with van der Waals surface area (Å²) in [6, 6.07) is 18.3. The highest BCUT2D eigenvalue weighted by Gasteiger charge is 2.03. The van der Waals surface area contributed by atoms with E-state index in [0.717, 1.165) is 5.75 Å². The highest BCUT2D eigenvalue weighted by molar-refractivity contribution is 5.85. The summed E-state index contributed by atoms with van der Waals surface area (Å²) in [7, 11) is 0. The van der Waals surface area contributed by atoms with E-state index in [0.29, 0.717) is 19.1 Å². The number of halogens is 1. The first kappa shape index (κ1) is 15.5. The molecule has 0 aliphatic heterocycles. The Hall–Kier alpha value is -1.51. The first-order chi connectivity index (χ1) is 8.79. The molecule has 0 aliphatic rings. The third-order valence-electron chi connectivity index (χ3n) is 3.05. The van der Waals surface area contributed by atoms with Gasteiger partial charge in [0.25, 0.3) is 0 Å². The molecule has 2 aromatic carbocycles. The van der Waals surface area contributed by atoms with Gasteiger partial charge in [-0.05, 0) is 35.7 Å². The van der Waals surface area contributed by atoms with Gasteiger partial charge in [0.05, 0.1) is 0 Å². The van der Waals surface area contributed by atoms with Gasteiger partial charge in [0, 0.05) is 0 Å². The van der Waals surface area contributed by atoms with Gasteiger partial charge >= 0.3 is 0 Å². The van der Waals surface area contributed by atoms with Crippen LogP contribution in [0.4, 0.5) is 0 Å². The SMILES string of the molecule is CC(CN)c1ccc(OCc2ccccc2)cc1.Cl. The van der Waals surface area contributed by atoms with E-state index in [2.05, 4.69) is 31.2 Å². The predicted octanol–water partition coefficient (Wildman–Crippen LogP) is 3.75. The van der Waals surface area contributed by atoms with Crippen molar-refractivity contribution >= 4 is 12.4 Å². The van der Waals surface area contributed by atoms with Gasteiger partial charge in [0.2, 0.25) is 0 Å². The van der Waals surface area contributed by atoms with Gasteiger partial charge in [-0.25, -0.2) is 0 Å². The standard InChI is InChI=1S/C16H19NO.ClH/c1-13(11-17)15-7-9-16(10-8-15)18-12-14-5-3-2-4-6-14;/h2-10,13H,11-12,17H2,1H3;1H. The van der Waals surface area contributed by atoms with Crippen LogP contribution in [0.2, 0.25) is 0 Å². The monoisotopic (exact) mass is 277 g/mol. The lowest BCUT2D eigenvalue weighted by molar-refractivity contribution is 0.306. The third-order valence-corrected chi connectivity index (χ3v) is 3.05. The molecule has 0 radical (unpaired) electrons. The molecule has 1 atom stereocenters. The minimum Gasteiger partial charge on any atom is -0.489 e. The van der Waals surface area contributed by atoms with Gasteiger partial charge in [0.15, 0.2) is 0 Å². The molecule has 0 saturated carbocycles. The fourth-order valence-electron chi connectivity index (χ4n) is 1.77. The Morgan fingerprint density at radius 3 is 2.21 bits per heavy atom. The van der Waals surface area contributed by atoms with Gasteiger partial charge in [-0.3, -0.25) is 0 Å². The van der Waals surface area contributed by atoms with Gasteiger partial charge in [-0.1, -0.05) is 49.4 Å². The normalized spacial score (nSPS) is 11.5. The van der Waals surface area contributed by atoms with E-state index in [-0.39, 0.29) is 12.4 Å². The molecule has 0 fully saturated rings. The highest BCUT2D eigenvalue weighted by atomic mass is 35.5. The average Bonchev–Trinajstić information content (AvgIpc) is 2.46. The molecular weight excluding hydrogens is 258 g/mol. The summed E-state index contributed by atoms with van der Waals surface area (Å²) in [5, 5.41) is 0. The zero-order valence-electron chi connectivity index (χ0n) is 11.1. The van der Waals surface area contributed by atoms with Crippen molar-refractivity contribution < 1.29 is 4.74 Å². The fraction of sp³-hybridized carbons (Fsp3) is 0.250. The zero-order valence-corrected chi connectivity index (χ0v) is 11.9. The summed E-state index contributed by atoms with van der Waals surface area (Å²) >= 11 is 0. The molecule has 1 unspecified atom stereocenters. The summed E-state index contributed by atoms with van der Waals surface area (Å²) in [4.78, 5) is 0. The van der Waals surface area contributed by atoms with Crippen molar-refractivity contribution in [1.29, 1.82) is 0 Å². The number of rotatable bonds is 5. The van der Waals surface area contributed by atoms with Crippen molar-refractivity contribution in [2.24, 2.45) is 5.73 Å². The van der Waals surface area contributed by atoms with E-state index >= 15 is 0 Å². The molecule has 2 aromatic rings. The molecule has 3 heteroatoms. The Morgan fingerprint density at radius 1 is 1.00 bits per heavy atom. The molecule has 2 rings (SSSR count). The third kappa shape index (κ3) is 4.58. The first-order valence-corrected chi connectivity index (χ1v) is 6.26. The average molecular weight is 278 g/mol. The van der Waals surface area contributed by atoms with E-state index in [1.165, 1.54) is 11.1 Å². The lowest BCUT2D eigenvalue weighted by Crippen LogP contribution is -2.08. The van der Waals surface area contributed by atoms with Crippen molar-refractivity contribution in [3.05, 3.63) is 65.7 Å². The van der Waals surface area contributed by atoms with Crippen LogP contribution >= 0.6 is 12.4 Å². The van der Waals surface area contributed by atoms with Gasteiger partial charge < -0.3 is 10.5 Å². The molecule has 2 nitrogen and oxygen atoms in total. The Balaban J connectivity index is 0.00000180. The maximum absolute atomic E-state index is 5.73. The van der Waals surface area contributed by atoms with Crippen molar-refractivity contribution in [2.45, 2.75) is 19.4 Å². The highest BCUT2D eigenvalue weighted by Crippen LogP contribution is 2.19. The number of ether oxygens (including phenoxy) is 1. The molecule has 0 aliphatic carbocycles. The number of nitrogens with two attached hydrogens (primary N) is 1. The zero-order chi connectivity index (χ0) is 12.8. The Bertz CT molecular complexity index is 470. The van der Waals surface area contributed by atoms with Crippen molar-refractivity contribution in [3.63, 3.8) is 0 Å². The van der Waals surface area contributed by atoms with Gasteiger partial charge in [-0.2, -0.15) is 0 Å². The molecule has 0 bridgehead atoms. The molecule has 0 saturated heterocycles. The number of hydrogen-bond acceptors (Lipinski definition) is 2. The van der Waals surface area contributed by atoms with E-state index in [9.17, 15) is 0 Å². The maximum atomic E-state index is 5.73. The van der Waals surface area contributed by atoms with Crippen molar-refractivity contribution in [3.8, 4) is 5.75 Å². The van der Waals surface area contributed by atoms with Crippen LogP contribution in [0.1, 0.15) is 24.0 Å². The Morgan fingerprint density at radius 2 is 1.63 bits per heavy atom. The molecular formula is C16H20ClNO. The lowest BCUT2D eigenvalue weighted by atomic mass is 10.0. The quantitative estimate of drug-likeness (QED) is 0.903. The van der Waals surface area contributed by atoms with Gasteiger partial charge in [-0.15, -0.1) is 12.4 Å². The fourth-order valence-corrected chi connectivity index (χ4v) is 1.77. The second-order valence-electron chi connectivity index (χ2n) is 4.48. The van der Waals surface area contributed by atoms with Crippen molar-refractivity contribution in [1.82, 2.24) is 0 Å². The summed E-state index contributed by atoms with van der Waals surface area (Å²) in [6.07, 6.45) is 0. The second kappa shape index (κ2) is 7.82. The molecule has 19 heavy (non-hydrogen) atoms. The van der Waals surface area contributed by atoms with Crippen LogP contribution in [0.3, 0.4) is 0 Å². The predicted molar refractivity (Wildman–Crippen MR) is 81.9 cm³/mol. The minimum absolute atomic E-state index is 0. The Kier molecular flexibility index (Phi) is 6.40. The summed E-state index contributed by atoms with van der Waals surface area (Å²) in [5.41, 5.74) is 8.08. The van der Waals surface area contributed by atoms with E-state index < -0.39 is 0 Å². The van der Waals surface area contributed by atoms with Crippen LogP contribution < -0.4 is 10.5 Å². The number of benzene rings is 2. The largest absolute Gasteiger partial charge is 0.489 e. The molecule has 0 spiro atoms. The lowest BCUT2D eigenvalue weighted by Gasteiger charge is -2.10. The molecule has 0 aromatic heterocycles. The summed E-state index contributed by atoms with van der Waals surface area (Å²) in [5.74, 6) is 1.29. The molecule has 2 N–H and O–H groups in total. The molecule has 0 amide bonds. The van der Waals surface area contributed by atoms with E-state index in [1.54, 1.807) is 0 Å². The van der Waals surface area contributed by atoms with E-state index in [1.807, 2.05) is 30.3 Å². The molecule has 102 valence electrons. The first-order valence-electron chi connectivity index (χ1n) is 6.26. The van der Waals surface area contributed by atoms with Gasteiger partial charge in [0.1, 0.15) is 12.4 Å². The van der Waals surface area contributed by atoms with Crippen LogP contribution in [0.5, 0.6) is 5.75 Å². The van der Waals surface area contributed by atoms with Crippen LogP contribution in [0, 0.1) is 0 Å². The van der Waals surface area contributed by atoms with Crippen LogP contribution in [0.25, 0.3) is 0 Å². The topological polar surface area (TPSA) is 35.2 Å². The number of hydrogen-bond donors (Lipinski definition) is 1.